The van der Waals surface area contributed by atoms with Gasteiger partial charge in [-0.1, -0.05) is 0 Å². The Morgan fingerprint density at radius 2 is 1.45 bits per heavy atom. The number of carboxylic acids is 3. The lowest BCUT2D eigenvalue weighted by molar-refractivity contribution is -0.368. The van der Waals surface area contributed by atoms with E-state index in [2.05, 4.69) is 20.7 Å². The zero-order valence-corrected chi connectivity index (χ0v) is 18.5. The molecule has 0 saturated heterocycles. The van der Waals surface area contributed by atoms with Crippen molar-refractivity contribution >= 4 is 23.9 Å². The van der Waals surface area contributed by atoms with Crippen molar-refractivity contribution in [2.75, 3.05) is 13.1 Å². The monoisotopic (exact) mass is 473 g/mol. The molecule has 3 unspecified atom stereocenters. The van der Waals surface area contributed by atoms with Crippen molar-refractivity contribution in [1.29, 1.82) is 0 Å². The Morgan fingerprint density at radius 3 is 1.85 bits per heavy atom. The van der Waals surface area contributed by atoms with Crippen LogP contribution in [0.25, 0.3) is 0 Å². The first-order valence-corrected chi connectivity index (χ1v) is 10.1. The smallest absolute Gasteiger partial charge is 0.185 e. The number of aliphatic imine (C=N–C) groups is 1. The standard InChI is InChI=1S/C6H14N4O2.C6H9N3O2.C6H14N2O2/c7-4(5(11)12)2-1-3-10-6(8)9;7-5(6(10)11)1-4-2-8-3-9-4;7-4-2-1-3-5(8)6(9)10/h4H,1-3,7H2,(H,11,12)(H4,8,9,10);2-3,5H,1,7H2,(H,8,9)(H,10,11);5H,1-4,7-8H2,(H,9,10)/p-2. The minimum atomic E-state index is -1.25. The first-order valence-electron chi connectivity index (χ1n) is 10.1. The number of rotatable bonds is 13. The van der Waals surface area contributed by atoms with Gasteiger partial charge in [-0.2, -0.15) is 0 Å². The average Bonchev–Trinajstić information content (AvgIpc) is 3.24. The summed E-state index contributed by atoms with van der Waals surface area (Å²) in [6.07, 6.45) is 6.33. The fourth-order valence-corrected chi connectivity index (χ4v) is 2.01. The maximum absolute atomic E-state index is 10.2. The highest BCUT2D eigenvalue weighted by Gasteiger charge is 2.04. The first-order chi connectivity index (χ1) is 15.4. The molecule has 15 heteroatoms. The van der Waals surface area contributed by atoms with E-state index in [9.17, 15) is 29.7 Å². The number of carboxylic acid groups (broad SMARTS) is 3. The third kappa shape index (κ3) is 20.4. The lowest BCUT2D eigenvalue weighted by atomic mass is 10.1. The van der Waals surface area contributed by atoms with E-state index in [1.807, 2.05) is 0 Å². The summed E-state index contributed by atoms with van der Waals surface area (Å²) in [5.41, 5.74) is 29.9. The van der Waals surface area contributed by atoms with Gasteiger partial charge in [0.1, 0.15) is 0 Å². The molecule has 3 atom stereocenters. The lowest BCUT2D eigenvalue weighted by Crippen LogP contribution is -2.50. The molecule has 0 fully saturated rings. The zero-order valence-electron chi connectivity index (χ0n) is 18.5. The van der Waals surface area contributed by atoms with Crippen molar-refractivity contribution in [3.05, 3.63) is 18.2 Å². The van der Waals surface area contributed by atoms with Gasteiger partial charge in [0.25, 0.3) is 0 Å². The van der Waals surface area contributed by atoms with Gasteiger partial charge < -0.3 is 69.1 Å². The highest BCUT2D eigenvalue weighted by atomic mass is 16.4. The zero-order chi connectivity index (χ0) is 25.8. The molecule has 0 aromatic carbocycles. The van der Waals surface area contributed by atoms with Crippen LogP contribution in [-0.4, -0.2) is 65.1 Å². The fourth-order valence-electron chi connectivity index (χ4n) is 2.01. The van der Waals surface area contributed by atoms with E-state index in [-0.39, 0.29) is 12.4 Å². The van der Waals surface area contributed by atoms with E-state index < -0.39 is 36.0 Å². The Bertz CT molecular complexity index is 696. The number of aromatic nitrogens is 2. The number of nitrogens with two attached hydrogens (primary N) is 5. The molecule has 15 nitrogen and oxygen atoms in total. The number of aliphatic carboxylic acids is 3. The Balaban J connectivity index is 0. The Hall–Kier alpha value is -3.27. The van der Waals surface area contributed by atoms with E-state index in [1.165, 1.54) is 12.5 Å². The molecule has 0 aliphatic carbocycles. The summed E-state index contributed by atoms with van der Waals surface area (Å²) in [5.74, 6) is -3.67. The summed E-state index contributed by atoms with van der Waals surface area (Å²) < 4.78 is 0. The third-order valence-electron chi connectivity index (χ3n) is 3.89. The van der Waals surface area contributed by atoms with Crippen molar-refractivity contribution in [2.45, 2.75) is 56.7 Å². The van der Waals surface area contributed by atoms with Gasteiger partial charge in [0.15, 0.2) is 5.96 Å². The van der Waals surface area contributed by atoms with Crippen LogP contribution in [-0.2, 0) is 20.8 Å². The number of carbonyl (C=O) groups is 3. The molecular formula is C18H35N9O6-2. The number of nitrogens with zero attached hydrogens (tertiary/aromatic N) is 2. The van der Waals surface area contributed by atoms with E-state index in [0.29, 0.717) is 31.5 Å². The van der Waals surface area contributed by atoms with E-state index in [1.54, 1.807) is 0 Å². The second-order valence-corrected chi connectivity index (χ2v) is 6.86. The summed E-state index contributed by atoms with van der Waals surface area (Å²) >= 11 is 0. The number of quaternary nitrogens is 1. The third-order valence-corrected chi connectivity index (χ3v) is 3.89. The topological polar surface area (TPSA) is 319 Å². The van der Waals surface area contributed by atoms with Crippen LogP contribution in [0.5, 0.6) is 0 Å². The van der Waals surface area contributed by atoms with Gasteiger partial charge >= 0.3 is 0 Å². The maximum atomic E-state index is 10.2. The molecule has 1 aromatic rings. The van der Waals surface area contributed by atoms with Crippen LogP contribution >= 0.6 is 0 Å². The van der Waals surface area contributed by atoms with Gasteiger partial charge in [-0.05, 0) is 32.1 Å². The number of imidazole rings is 1. The van der Waals surface area contributed by atoms with Gasteiger partial charge in [0, 0.05) is 43.0 Å². The molecule has 33 heavy (non-hydrogen) atoms. The van der Waals surface area contributed by atoms with Crippen LogP contribution in [0.1, 0.15) is 37.8 Å². The molecule has 1 heterocycles. The first kappa shape index (κ1) is 31.9. The number of unbranched alkanes of at least 4 members (excludes halogenated alkanes) is 1. The van der Waals surface area contributed by atoms with E-state index in [4.69, 9.17) is 28.7 Å². The van der Waals surface area contributed by atoms with Crippen LogP contribution in [0.4, 0.5) is 0 Å². The summed E-state index contributed by atoms with van der Waals surface area (Å²) in [6, 6.07) is -2.69. The van der Waals surface area contributed by atoms with Crippen LogP contribution in [0.15, 0.2) is 17.5 Å². The Kier molecular flexibility index (Phi) is 18.8. The van der Waals surface area contributed by atoms with Crippen molar-refractivity contribution in [3.8, 4) is 0 Å². The molecule has 1 aromatic heterocycles. The van der Waals surface area contributed by atoms with Crippen LogP contribution in [0, 0.1) is 0 Å². The van der Waals surface area contributed by atoms with E-state index in [0.717, 1.165) is 19.4 Å². The normalized spacial score (nSPS) is 12.6. The molecule has 14 N–H and O–H groups in total. The lowest BCUT2D eigenvalue weighted by Gasteiger charge is -2.10. The van der Waals surface area contributed by atoms with Crippen molar-refractivity contribution in [3.63, 3.8) is 0 Å². The number of guanidine groups is 1. The van der Waals surface area contributed by atoms with Gasteiger partial charge in [-0.15, -0.1) is 0 Å². The van der Waals surface area contributed by atoms with E-state index >= 15 is 0 Å². The SMILES string of the molecule is NC(CCCC[NH3+])C(=O)[O-].NC(Cc1cnc[nH]1)C(=O)[O-].NC(N)=NCCCC(N)C(=O)[O-]. The Labute approximate surface area is 191 Å². The summed E-state index contributed by atoms with van der Waals surface area (Å²) in [6.45, 7) is 1.23. The molecular weight excluding hydrogens is 438 g/mol. The quantitative estimate of drug-likeness (QED) is 0.0797. The summed E-state index contributed by atoms with van der Waals surface area (Å²) in [5, 5.41) is 30.3. The molecule has 0 amide bonds. The molecule has 0 radical (unpaired) electrons. The van der Waals surface area contributed by atoms with Gasteiger partial charge in [0.2, 0.25) is 0 Å². The molecule has 190 valence electrons. The molecule has 0 bridgehead atoms. The van der Waals surface area contributed by atoms with Crippen molar-refractivity contribution in [1.82, 2.24) is 9.97 Å². The second-order valence-electron chi connectivity index (χ2n) is 6.86. The number of H-pyrrole nitrogens is 1. The maximum Gasteiger partial charge on any atom is 0.185 e. The summed E-state index contributed by atoms with van der Waals surface area (Å²) in [4.78, 5) is 40.4. The van der Waals surface area contributed by atoms with Crippen LogP contribution in [0.2, 0.25) is 0 Å². The predicted octanol–water partition coefficient (Wildman–Crippen LogP) is -7.38. The Morgan fingerprint density at radius 1 is 0.939 bits per heavy atom. The van der Waals surface area contributed by atoms with Gasteiger partial charge in [0.05, 0.1) is 30.8 Å². The van der Waals surface area contributed by atoms with Crippen molar-refractivity contribution in [2.24, 2.45) is 33.7 Å². The fraction of sp³-hybridized carbons (Fsp3) is 0.611. The van der Waals surface area contributed by atoms with Crippen LogP contribution in [0.3, 0.4) is 0 Å². The number of aromatic amines is 1. The van der Waals surface area contributed by atoms with Crippen molar-refractivity contribution < 1.29 is 35.4 Å². The molecule has 0 aliphatic rings. The van der Waals surface area contributed by atoms with Gasteiger partial charge in [-0.3, -0.25) is 4.99 Å². The van der Waals surface area contributed by atoms with Crippen LogP contribution < -0.4 is 49.7 Å². The number of hydrogen-bond donors (Lipinski definition) is 7. The largest absolute Gasteiger partial charge is 0.548 e. The van der Waals surface area contributed by atoms with Gasteiger partial charge in [-0.25, -0.2) is 4.98 Å². The molecule has 0 aliphatic heterocycles. The highest BCUT2D eigenvalue weighted by Crippen LogP contribution is 1.96. The second kappa shape index (κ2) is 19.4. The number of nitrogens with one attached hydrogen (secondary N) is 1. The molecule has 0 spiro atoms. The number of hydrogen-bond acceptors (Lipinski definition) is 11. The molecule has 1 rings (SSSR count). The average molecular weight is 474 g/mol. The minimum Gasteiger partial charge on any atom is -0.548 e. The predicted molar refractivity (Wildman–Crippen MR) is 113 cm³/mol. The minimum absolute atomic E-state index is 0.00276. The number of carbonyl (C=O) groups excluding carboxylic acids is 3. The summed E-state index contributed by atoms with van der Waals surface area (Å²) in [7, 11) is 0. The molecule has 0 saturated carbocycles. The highest BCUT2D eigenvalue weighted by molar-refractivity contribution is 5.75.